The Balaban J connectivity index is 2.00. The molecule has 1 saturated heterocycles. The van der Waals surface area contributed by atoms with Gasteiger partial charge in [-0.25, -0.2) is 0 Å². The summed E-state index contributed by atoms with van der Waals surface area (Å²) in [6.45, 7) is 6.57. The minimum absolute atomic E-state index is 0.0119. The highest BCUT2D eigenvalue weighted by molar-refractivity contribution is 5.24. The number of aryl methyl sites for hydroxylation is 1. The summed E-state index contributed by atoms with van der Waals surface area (Å²) in [5, 5.41) is 9.58. The maximum atomic E-state index is 9.58. The highest BCUT2D eigenvalue weighted by atomic mass is 16.5. The molecule has 2 nitrogen and oxygen atoms in total. The van der Waals surface area contributed by atoms with Crippen LogP contribution in [-0.4, -0.2) is 23.4 Å². The summed E-state index contributed by atoms with van der Waals surface area (Å²) in [5.74, 6) is 0.199. The first kappa shape index (κ1) is 13.6. The first-order valence-corrected chi connectivity index (χ1v) is 6.85. The molecule has 1 aliphatic heterocycles. The Labute approximate surface area is 110 Å². The van der Waals surface area contributed by atoms with E-state index in [1.165, 1.54) is 11.1 Å². The van der Waals surface area contributed by atoms with E-state index in [4.69, 9.17) is 4.74 Å². The van der Waals surface area contributed by atoms with Crippen molar-refractivity contribution in [2.75, 3.05) is 6.61 Å². The Bertz CT molecular complexity index is 381. The van der Waals surface area contributed by atoms with Gasteiger partial charge in [-0.15, -0.1) is 0 Å². The van der Waals surface area contributed by atoms with Gasteiger partial charge in [-0.1, -0.05) is 29.8 Å². The Hall–Kier alpha value is -0.860. The molecule has 0 bridgehead atoms. The van der Waals surface area contributed by atoms with Gasteiger partial charge < -0.3 is 9.84 Å². The van der Waals surface area contributed by atoms with Crippen molar-refractivity contribution in [1.29, 1.82) is 0 Å². The molecule has 0 radical (unpaired) electrons. The third-order valence-electron chi connectivity index (χ3n) is 3.87. The lowest BCUT2D eigenvalue weighted by molar-refractivity contribution is -0.0229. The molecule has 2 rings (SSSR count). The molecule has 2 atom stereocenters. The van der Waals surface area contributed by atoms with Crippen LogP contribution in [0.15, 0.2) is 24.3 Å². The van der Waals surface area contributed by atoms with Gasteiger partial charge in [-0.05, 0) is 45.6 Å². The number of rotatable bonds is 4. The minimum Gasteiger partial charge on any atom is -0.396 e. The van der Waals surface area contributed by atoms with Crippen molar-refractivity contribution in [3.8, 4) is 0 Å². The van der Waals surface area contributed by atoms with Gasteiger partial charge in [-0.2, -0.15) is 0 Å². The van der Waals surface area contributed by atoms with Crippen molar-refractivity contribution >= 4 is 0 Å². The van der Waals surface area contributed by atoms with E-state index in [1.54, 1.807) is 0 Å². The zero-order valence-electron chi connectivity index (χ0n) is 11.6. The van der Waals surface area contributed by atoms with Crippen molar-refractivity contribution in [1.82, 2.24) is 0 Å². The second-order valence-electron chi connectivity index (χ2n) is 6.06. The van der Waals surface area contributed by atoms with Crippen LogP contribution >= 0.6 is 0 Å². The van der Waals surface area contributed by atoms with E-state index < -0.39 is 0 Å². The summed E-state index contributed by atoms with van der Waals surface area (Å²) < 4.78 is 6.02. The quantitative estimate of drug-likeness (QED) is 0.884. The van der Waals surface area contributed by atoms with E-state index in [-0.39, 0.29) is 18.1 Å². The van der Waals surface area contributed by atoms with Crippen LogP contribution in [0.5, 0.6) is 0 Å². The lowest BCUT2D eigenvalue weighted by Gasteiger charge is -2.22. The van der Waals surface area contributed by atoms with Crippen LogP contribution in [0.2, 0.25) is 0 Å². The van der Waals surface area contributed by atoms with Crippen LogP contribution < -0.4 is 0 Å². The SMILES string of the molecule is Cc1ccc(C(CO)CC2CCC(C)(C)O2)cc1. The largest absolute Gasteiger partial charge is 0.396 e. The molecule has 1 fully saturated rings. The van der Waals surface area contributed by atoms with E-state index in [0.29, 0.717) is 6.10 Å². The second kappa shape index (κ2) is 5.41. The van der Waals surface area contributed by atoms with Crippen molar-refractivity contribution in [2.45, 2.75) is 57.7 Å². The first-order valence-electron chi connectivity index (χ1n) is 6.85. The predicted molar refractivity (Wildman–Crippen MR) is 73.8 cm³/mol. The van der Waals surface area contributed by atoms with Gasteiger partial charge in [0.1, 0.15) is 0 Å². The summed E-state index contributed by atoms with van der Waals surface area (Å²) >= 11 is 0. The van der Waals surface area contributed by atoms with Gasteiger partial charge in [0.05, 0.1) is 18.3 Å². The van der Waals surface area contributed by atoms with Crippen molar-refractivity contribution in [2.24, 2.45) is 0 Å². The molecule has 18 heavy (non-hydrogen) atoms. The molecule has 0 aromatic heterocycles. The zero-order valence-corrected chi connectivity index (χ0v) is 11.6. The van der Waals surface area contributed by atoms with E-state index in [0.717, 1.165) is 19.3 Å². The molecule has 1 aromatic rings. The average Bonchev–Trinajstić information content (AvgIpc) is 2.67. The van der Waals surface area contributed by atoms with Crippen LogP contribution in [0.25, 0.3) is 0 Å². The molecular formula is C16H24O2. The zero-order chi connectivity index (χ0) is 13.2. The number of aliphatic hydroxyl groups is 1. The standard InChI is InChI=1S/C16H24O2/c1-12-4-6-13(7-5-12)14(11-17)10-15-8-9-16(2,3)18-15/h4-7,14-15,17H,8-11H2,1-3H3. The molecule has 2 unspecified atom stereocenters. The average molecular weight is 248 g/mol. The molecule has 1 N–H and O–H groups in total. The summed E-state index contributed by atoms with van der Waals surface area (Å²) in [4.78, 5) is 0. The summed E-state index contributed by atoms with van der Waals surface area (Å²) in [7, 11) is 0. The van der Waals surface area contributed by atoms with Gasteiger partial charge >= 0.3 is 0 Å². The van der Waals surface area contributed by atoms with Crippen LogP contribution in [0.3, 0.4) is 0 Å². The lowest BCUT2D eigenvalue weighted by atomic mass is 9.92. The highest BCUT2D eigenvalue weighted by Crippen LogP contribution is 2.34. The first-order chi connectivity index (χ1) is 8.50. The van der Waals surface area contributed by atoms with Gasteiger partial charge in [-0.3, -0.25) is 0 Å². The topological polar surface area (TPSA) is 29.5 Å². The molecule has 0 amide bonds. The van der Waals surface area contributed by atoms with Gasteiger partial charge in [0, 0.05) is 5.92 Å². The summed E-state index contributed by atoms with van der Waals surface area (Å²) in [5.41, 5.74) is 2.49. The molecular weight excluding hydrogens is 224 g/mol. The van der Waals surface area contributed by atoms with Crippen LogP contribution in [0.4, 0.5) is 0 Å². The maximum Gasteiger partial charge on any atom is 0.0631 e. The number of benzene rings is 1. The Morgan fingerprint density at radius 2 is 2.00 bits per heavy atom. The lowest BCUT2D eigenvalue weighted by Crippen LogP contribution is -2.22. The fourth-order valence-electron chi connectivity index (χ4n) is 2.72. The van der Waals surface area contributed by atoms with E-state index in [9.17, 15) is 5.11 Å². The van der Waals surface area contributed by atoms with E-state index in [2.05, 4.69) is 45.0 Å². The highest BCUT2D eigenvalue weighted by Gasteiger charge is 2.33. The third kappa shape index (κ3) is 3.33. The maximum absolute atomic E-state index is 9.58. The third-order valence-corrected chi connectivity index (χ3v) is 3.87. The summed E-state index contributed by atoms with van der Waals surface area (Å²) in [6, 6.07) is 8.46. The van der Waals surface area contributed by atoms with Gasteiger partial charge in [0.2, 0.25) is 0 Å². The van der Waals surface area contributed by atoms with Crippen molar-refractivity contribution < 1.29 is 9.84 Å². The second-order valence-corrected chi connectivity index (χ2v) is 6.06. The van der Waals surface area contributed by atoms with Crippen LogP contribution in [0, 0.1) is 6.92 Å². The number of aliphatic hydroxyl groups excluding tert-OH is 1. The molecule has 1 heterocycles. The van der Waals surface area contributed by atoms with Gasteiger partial charge in [0.25, 0.3) is 0 Å². The predicted octanol–water partition coefficient (Wildman–Crippen LogP) is 3.42. The molecule has 0 aliphatic carbocycles. The monoisotopic (exact) mass is 248 g/mol. The molecule has 1 aromatic carbocycles. The molecule has 2 heteroatoms. The number of ether oxygens (including phenoxy) is 1. The molecule has 1 aliphatic rings. The fraction of sp³-hybridized carbons (Fsp3) is 0.625. The van der Waals surface area contributed by atoms with E-state index in [1.807, 2.05) is 0 Å². The molecule has 0 saturated carbocycles. The fourth-order valence-corrected chi connectivity index (χ4v) is 2.72. The number of hydrogen-bond acceptors (Lipinski definition) is 2. The molecule has 0 spiro atoms. The molecule has 100 valence electrons. The van der Waals surface area contributed by atoms with Crippen LogP contribution in [-0.2, 0) is 4.74 Å². The Morgan fingerprint density at radius 3 is 2.50 bits per heavy atom. The van der Waals surface area contributed by atoms with Crippen LogP contribution in [0.1, 0.15) is 50.2 Å². The van der Waals surface area contributed by atoms with Gasteiger partial charge in [0.15, 0.2) is 0 Å². The minimum atomic E-state index is 0.0119. The Kier molecular flexibility index (Phi) is 4.08. The van der Waals surface area contributed by atoms with Crippen molar-refractivity contribution in [3.05, 3.63) is 35.4 Å². The van der Waals surface area contributed by atoms with Crippen molar-refractivity contribution in [3.63, 3.8) is 0 Å². The summed E-state index contributed by atoms with van der Waals surface area (Å²) in [6.07, 6.45) is 3.43. The smallest absolute Gasteiger partial charge is 0.0631 e. The normalized spacial score (nSPS) is 24.1. The Morgan fingerprint density at radius 1 is 1.33 bits per heavy atom. The number of hydrogen-bond donors (Lipinski definition) is 1. The van der Waals surface area contributed by atoms with E-state index >= 15 is 0 Å².